The monoisotopic (exact) mass is 333 g/mol. The molecule has 9 nitrogen and oxygen atoms in total. The second-order valence-electron chi connectivity index (χ2n) is 4.52. The zero-order valence-electron chi connectivity index (χ0n) is 11.2. The molecule has 0 saturated heterocycles. The fraction of sp³-hybridized carbons (Fsp3) is 0.600. The number of hydrogen-bond acceptors (Lipinski definition) is 7. The topological polar surface area (TPSA) is 130 Å². The van der Waals surface area contributed by atoms with E-state index in [4.69, 9.17) is 0 Å². The molecule has 1 aliphatic rings. The van der Waals surface area contributed by atoms with Crippen LogP contribution >= 0.6 is 11.3 Å². The molecule has 116 valence electrons. The fourth-order valence-corrected chi connectivity index (χ4v) is 3.46. The Labute approximate surface area is 125 Å². The summed E-state index contributed by atoms with van der Waals surface area (Å²) in [4.78, 5) is 22.2. The highest BCUT2D eigenvalue weighted by atomic mass is 32.2. The maximum absolute atomic E-state index is 11.9. The molecular weight excluding hydrogens is 318 g/mol. The van der Waals surface area contributed by atoms with Crippen molar-refractivity contribution in [1.82, 2.24) is 20.2 Å². The summed E-state index contributed by atoms with van der Waals surface area (Å²) in [5.74, 6) is -0.311. The highest BCUT2D eigenvalue weighted by molar-refractivity contribution is 7.91. The third-order valence-electron chi connectivity index (χ3n) is 2.58. The smallest absolute Gasteiger partial charge is 0.269 e. The summed E-state index contributed by atoms with van der Waals surface area (Å²) in [5, 5.41) is 12.2. The molecule has 21 heavy (non-hydrogen) atoms. The molecule has 0 atom stereocenters. The van der Waals surface area contributed by atoms with Gasteiger partial charge in [-0.15, -0.1) is 10.2 Å². The number of aromatic nitrogens is 2. The summed E-state index contributed by atoms with van der Waals surface area (Å²) in [7, 11) is -3.79. The van der Waals surface area contributed by atoms with E-state index >= 15 is 0 Å². The van der Waals surface area contributed by atoms with E-state index in [0.717, 1.165) is 24.2 Å². The van der Waals surface area contributed by atoms with Crippen LogP contribution < -0.4 is 15.4 Å². The molecule has 11 heteroatoms. The maximum Gasteiger partial charge on any atom is 0.269 e. The summed E-state index contributed by atoms with van der Waals surface area (Å²) in [6.07, 6.45) is 1.79. The molecule has 1 aromatic heterocycles. The van der Waals surface area contributed by atoms with Crippen LogP contribution in [0.4, 0.5) is 5.13 Å². The Kier molecular flexibility index (Phi) is 4.85. The van der Waals surface area contributed by atoms with Crippen LogP contribution in [0, 0.1) is 5.92 Å². The molecule has 3 N–H and O–H groups in total. The fourth-order valence-electron chi connectivity index (χ4n) is 1.44. The third kappa shape index (κ3) is 4.72. The first-order valence-corrected chi connectivity index (χ1v) is 8.57. The second-order valence-corrected chi connectivity index (χ2v) is 7.44. The van der Waals surface area contributed by atoms with Gasteiger partial charge in [-0.3, -0.25) is 9.59 Å². The Morgan fingerprint density at radius 2 is 2.00 bits per heavy atom. The minimum absolute atomic E-state index is 0.0435. The molecule has 0 aromatic carbocycles. The minimum atomic E-state index is -3.79. The van der Waals surface area contributed by atoms with E-state index in [1.165, 1.54) is 6.92 Å². The van der Waals surface area contributed by atoms with Crippen molar-refractivity contribution in [3.8, 4) is 0 Å². The van der Waals surface area contributed by atoms with Gasteiger partial charge in [-0.2, -0.15) is 0 Å². The van der Waals surface area contributed by atoms with Gasteiger partial charge in [0.05, 0.1) is 0 Å². The van der Waals surface area contributed by atoms with E-state index in [2.05, 4.69) is 25.6 Å². The van der Waals surface area contributed by atoms with Crippen molar-refractivity contribution in [3.63, 3.8) is 0 Å². The van der Waals surface area contributed by atoms with E-state index in [1.807, 2.05) is 0 Å². The molecule has 0 bridgehead atoms. The molecule has 2 amide bonds. The van der Waals surface area contributed by atoms with Crippen molar-refractivity contribution in [2.24, 2.45) is 5.92 Å². The molecule has 0 spiro atoms. The number of anilines is 1. The van der Waals surface area contributed by atoms with Crippen LogP contribution in [0.3, 0.4) is 0 Å². The molecule has 1 aromatic rings. The molecule has 1 fully saturated rings. The zero-order valence-corrected chi connectivity index (χ0v) is 12.9. The second kappa shape index (κ2) is 6.45. The van der Waals surface area contributed by atoms with Gasteiger partial charge in [0.15, 0.2) is 0 Å². The van der Waals surface area contributed by atoms with Crippen LogP contribution in [0.2, 0.25) is 0 Å². The van der Waals surface area contributed by atoms with E-state index < -0.39 is 10.0 Å². The van der Waals surface area contributed by atoms with Crippen LogP contribution in [0.15, 0.2) is 4.34 Å². The summed E-state index contributed by atoms with van der Waals surface area (Å²) < 4.78 is 25.9. The lowest BCUT2D eigenvalue weighted by Gasteiger charge is -2.05. The maximum atomic E-state index is 11.9. The molecule has 0 unspecified atom stereocenters. The van der Waals surface area contributed by atoms with Crippen LogP contribution in [-0.2, 0) is 19.6 Å². The van der Waals surface area contributed by atoms with E-state index in [1.54, 1.807) is 0 Å². The molecule has 1 saturated carbocycles. The normalized spacial score (nSPS) is 14.7. The first-order valence-electron chi connectivity index (χ1n) is 6.27. The SMILES string of the molecule is CC(=O)Nc1nnc(S(=O)(=O)NCCNC(=O)C2CC2)s1. The van der Waals surface area contributed by atoms with E-state index in [0.29, 0.717) is 0 Å². The van der Waals surface area contributed by atoms with Gasteiger partial charge in [-0.05, 0) is 12.8 Å². The number of nitrogens with zero attached hydrogens (tertiary/aromatic N) is 2. The minimum Gasteiger partial charge on any atom is -0.355 e. The van der Waals surface area contributed by atoms with Gasteiger partial charge in [-0.1, -0.05) is 11.3 Å². The number of hydrogen-bond donors (Lipinski definition) is 3. The predicted octanol–water partition coefficient (Wildman–Crippen LogP) is -0.699. The lowest BCUT2D eigenvalue weighted by Crippen LogP contribution is -2.35. The molecule has 2 rings (SSSR count). The number of carbonyl (C=O) groups is 2. The number of carbonyl (C=O) groups excluding carboxylic acids is 2. The lowest BCUT2D eigenvalue weighted by molar-refractivity contribution is -0.122. The zero-order chi connectivity index (χ0) is 15.5. The van der Waals surface area contributed by atoms with Crippen molar-refractivity contribution in [1.29, 1.82) is 0 Å². The van der Waals surface area contributed by atoms with Gasteiger partial charge < -0.3 is 10.6 Å². The largest absolute Gasteiger partial charge is 0.355 e. The van der Waals surface area contributed by atoms with Crippen LogP contribution in [0.1, 0.15) is 19.8 Å². The Morgan fingerprint density at radius 1 is 1.29 bits per heavy atom. The van der Waals surface area contributed by atoms with Gasteiger partial charge in [0.2, 0.25) is 21.3 Å². The molecule has 1 heterocycles. The summed E-state index contributed by atoms with van der Waals surface area (Å²) in [6, 6.07) is 0. The average Bonchev–Trinajstić information content (AvgIpc) is 3.14. The van der Waals surface area contributed by atoms with Crippen LogP contribution in [0.5, 0.6) is 0 Å². The molecule has 0 aliphatic heterocycles. The number of rotatable bonds is 7. The van der Waals surface area contributed by atoms with Crippen molar-refractivity contribution in [2.45, 2.75) is 24.1 Å². The highest BCUT2D eigenvalue weighted by Gasteiger charge is 2.29. The van der Waals surface area contributed by atoms with Crippen LogP contribution in [-0.4, -0.2) is 43.5 Å². The van der Waals surface area contributed by atoms with Crippen molar-refractivity contribution in [2.75, 3.05) is 18.4 Å². The van der Waals surface area contributed by atoms with Gasteiger partial charge in [0.1, 0.15) is 0 Å². The Balaban J connectivity index is 1.81. The summed E-state index contributed by atoms with van der Waals surface area (Å²) in [6.45, 7) is 1.57. The average molecular weight is 333 g/mol. The van der Waals surface area contributed by atoms with Crippen LogP contribution in [0.25, 0.3) is 0 Å². The third-order valence-corrected chi connectivity index (χ3v) is 5.25. The van der Waals surface area contributed by atoms with E-state index in [9.17, 15) is 18.0 Å². The van der Waals surface area contributed by atoms with Gasteiger partial charge in [0.25, 0.3) is 10.0 Å². The number of sulfonamides is 1. The standard InChI is InChI=1S/C10H15N5O4S2/c1-6(16)13-9-14-15-10(20-9)21(18,19)12-5-4-11-8(17)7-2-3-7/h7,12H,2-5H2,1H3,(H,11,17)(H,13,14,16). The van der Waals surface area contributed by atoms with Gasteiger partial charge in [-0.25, -0.2) is 13.1 Å². The first-order chi connectivity index (χ1) is 9.88. The first kappa shape index (κ1) is 15.8. The number of amides is 2. The Morgan fingerprint density at radius 3 is 2.62 bits per heavy atom. The summed E-state index contributed by atoms with van der Waals surface area (Å²) >= 11 is 0.755. The molecular formula is C10H15N5O4S2. The highest BCUT2D eigenvalue weighted by Crippen LogP contribution is 2.28. The molecule has 1 aliphatic carbocycles. The quantitative estimate of drug-likeness (QED) is 0.447. The molecule has 0 radical (unpaired) electrons. The van der Waals surface area contributed by atoms with E-state index in [-0.39, 0.29) is 40.3 Å². The van der Waals surface area contributed by atoms with Crippen molar-refractivity contribution < 1.29 is 18.0 Å². The van der Waals surface area contributed by atoms with Crippen molar-refractivity contribution >= 4 is 38.3 Å². The van der Waals surface area contributed by atoms with Gasteiger partial charge >= 0.3 is 0 Å². The Hall–Kier alpha value is -1.59. The lowest BCUT2D eigenvalue weighted by atomic mass is 10.4. The van der Waals surface area contributed by atoms with Gasteiger partial charge in [0, 0.05) is 25.9 Å². The Bertz CT molecular complexity index is 638. The number of nitrogens with one attached hydrogen (secondary N) is 3. The predicted molar refractivity (Wildman–Crippen MR) is 75.1 cm³/mol. The van der Waals surface area contributed by atoms with Crippen molar-refractivity contribution in [3.05, 3.63) is 0 Å². The summed E-state index contributed by atoms with van der Waals surface area (Å²) in [5.41, 5.74) is 0.